The molecule has 0 unspecified atom stereocenters. The van der Waals surface area contributed by atoms with Gasteiger partial charge in [0.25, 0.3) is 0 Å². The van der Waals surface area contributed by atoms with Crippen molar-refractivity contribution in [1.82, 2.24) is 15.2 Å². The molecule has 3 N–H and O–H groups in total. The van der Waals surface area contributed by atoms with E-state index in [-0.39, 0.29) is 24.0 Å². The fourth-order valence-electron chi connectivity index (χ4n) is 2.31. The fourth-order valence-corrected chi connectivity index (χ4v) is 3.32. The third-order valence-electron chi connectivity index (χ3n) is 3.64. The molecule has 1 heterocycles. The van der Waals surface area contributed by atoms with E-state index in [1.807, 2.05) is 19.2 Å². The number of hydrogen-bond acceptors (Lipinski definition) is 3. The van der Waals surface area contributed by atoms with Gasteiger partial charge >= 0.3 is 0 Å². The van der Waals surface area contributed by atoms with E-state index in [4.69, 9.17) is 23.2 Å². The maximum atomic E-state index is 11.5. The van der Waals surface area contributed by atoms with Crippen molar-refractivity contribution in [3.05, 3.63) is 51.8 Å². The molecule has 1 aromatic heterocycles. The molecule has 0 atom stereocenters. The molecule has 0 saturated carbocycles. The molecule has 0 aliphatic rings. The summed E-state index contributed by atoms with van der Waals surface area (Å²) in [5.74, 6) is 0.563. The lowest BCUT2D eigenvalue weighted by Crippen LogP contribution is -2.36. The highest BCUT2D eigenvalue weighted by atomic mass is 127. The fraction of sp³-hybridized carbons (Fsp3) is 0.312. The average Bonchev–Trinajstić information content (AvgIpc) is 2.82. The summed E-state index contributed by atoms with van der Waals surface area (Å²) < 4.78 is 27.2. The summed E-state index contributed by atoms with van der Waals surface area (Å²) in [6.45, 7) is 0.874. The Morgan fingerprint density at radius 2 is 1.81 bits per heavy atom. The van der Waals surface area contributed by atoms with Crippen molar-refractivity contribution in [3.63, 3.8) is 0 Å². The molecule has 150 valence electrons. The highest BCUT2D eigenvalue weighted by Crippen LogP contribution is 2.24. The van der Waals surface area contributed by atoms with Crippen molar-refractivity contribution < 1.29 is 8.42 Å². The lowest BCUT2D eigenvalue weighted by molar-refractivity contribution is 0.606. The van der Waals surface area contributed by atoms with Crippen LogP contribution in [0.5, 0.6) is 0 Å². The summed E-state index contributed by atoms with van der Waals surface area (Å²) in [5.41, 5.74) is 2.23. The topological polar surface area (TPSA) is 87.5 Å². The van der Waals surface area contributed by atoms with Crippen LogP contribution in [0.2, 0.25) is 10.2 Å². The molecule has 0 aliphatic carbocycles. The van der Waals surface area contributed by atoms with Gasteiger partial charge in [0.15, 0.2) is 5.96 Å². The molecule has 0 saturated heterocycles. The Kier molecular flexibility index (Phi) is 9.19. The lowest BCUT2D eigenvalue weighted by atomic mass is 10.2. The zero-order valence-corrected chi connectivity index (χ0v) is 19.7. The van der Waals surface area contributed by atoms with Crippen LogP contribution < -0.4 is 15.4 Å². The largest absolute Gasteiger partial charge is 0.352 e. The second-order valence-corrected chi connectivity index (χ2v) is 8.16. The number of nitrogens with one attached hydrogen (secondary N) is 3. The molecule has 0 radical (unpaired) electrons. The third-order valence-corrected chi connectivity index (χ3v) is 5.07. The molecule has 11 heteroatoms. The molecule has 2 aromatic rings. The Labute approximate surface area is 186 Å². The van der Waals surface area contributed by atoms with Crippen LogP contribution in [-0.4, -0.2) is 32.2 Å². The summed E-state index contributed by atoms with van der Waals surface area (Å²) in [5, 5.41) is 7.29. The van der Waals surface area contributed by atoms with Crippen LogP contribution in [0.1, 0.15) is 11.3 Å². The highest BCUT2D eigenvalue weighted by Gasteiger charge is 2.10. The van der Waals surface area contributed by atoms with E-state index in [0.29, 0.717) is 34.9 Å². The minimum atomic E-state index is -3.35. The molecule has 0 bridgehead atoms. The standard InChI is InChI=1S/C16H21Cl2N5O2S.HI/c1-19-16(21-10-12-8-13(17)15(18)23(12)2)20-9-11-6-4-5-7-14(11)22-26(3,24)25;/h4-8,22H,9-10H2,1-3H3,(H2,19,20,21);1H. The number of hydrogen-bond donors (Lipinski definition) is 3. The van der Waals surface area contributed by atoms with Gasteiger partial charge in [-0.1, -0.05) is 41.4 Å². The number of halogens is 3. The lowest BCUT2D eigenvalue weighted by Gasteiger charge is -2.15. The number of anilines is 1. The van der Waals surface area contributed by atoms with E-state index in [2.05, 4.69) is 20.3 Å². The van der Waals surface area contributed by atoms with E-state index < -0.39 is 10.0 Å². The van der Waals surface area contributed by atoms with Crippen molar-refractivity contribution in [2.45, 2.75) is 13.1 Å². The summed E-state index contributed by atoms with van der Waals surface area (Å²) in [6.07, 6.45) is 1.12. The molecular formula is C16H22Cl2IN5O2S. The smallest absolute Gasteiger partial charge is 0.229 e. The van der Waals surface area contributed by atoms with Crippen LogP contribution >= 0.6 is 47.2 Å². The first-order valence-corrected chi connectivity index (χ1v) is 10.4. The normalized spacial score (nSPS) is 11.7. The third kappa shape index (κ3) is 7.05. The number of benzene rings is 1. The molecule has 0 spiro atoms. The zero-order chi connectivity index (χ0) is 19.3. The van der Waals surface area contributed by atoms with Crippen LogP contribution in [0.25, 0.3) is 0 Å². The second kappa shape index (κ2) is 10.4. The number of para-hydroxylation sites is 1. The average molecular weight is 546 g/mol. The van der Waals surface area contributed by atoms with E-state index in [1.165, 1.54) is 0 Å². The molecule has 0 amide bonds. The van der Waals surface area contributed by atoms with Crippen molar-refractivity contribution >= 4 is 68.8 Å². The van der Waals surface area contributed by atoms with E-state index in [9.17, 15) is 8.42 Å². The quantitative estimate of drug-likeness (QED) is 0.295. The van der Waals surface area contributed by atoms with Gasteiger partial charge in [0.05, 0.1) is 23.5 Å². The molecule has 0 fully saturated rings. The van der Waals surface area contributed by atoms with Crippen LogP contribution in [0.4, 0.5) is 5.69 Å². The Bertz CT molecular complexity index is 916. The van der Waals surface area contributed by atoms with Crippen molar-refractivity contribution in [3.8, 4) is 0 Å². The Morgan fingerprint density at radius 1 is 1.19 bits per heavy atom. The predicted molar refractivity (Wildman–Crippen MR) is 123 cm³/mol. The van der Waals surface area contributed by atoms with Gasteiger partial charge in [-0.25, -0.2) is 8.42 Å². The zero-order valence-electron chi connectivity index (χ0n) is 15.1. The molecular weight excluding hydrogens is 524 g/mol. The number of aliphatic imine (C=N–C) groups is 1. The molecule has 7 nitrogen and oxygen atoms in total. The Balaban J connectivity index is 0.00000364. The molecule has 1 aromatic carbocycles. The first kappa shape index (κ1) is 23.9. The summed E-state index contributed by atoms with van der Waals surface area (Å²) in [4.78, 5) is 4.16. The van der Waals surface area contributed by atoms with Gasteiger partial charge in [-0.3, -0.25) is 9.71 Å². The van der Waals surface area contributed by atoms with Gasteiger partial charge in [-0.2, -0.15) is 0 Å². The first-order chi connectivity index (χ1) is 12.2. The SMILES string of the molecule is CN=C(NCc1ccccc1NS(C)(=O)=O)NCc1cc(Cl)c(Cl)n1C.I. The van der Waals surface area contributed by atoms with Crippen molar-refractivity contribution in [1.29, 1.82) is 0 Å². The van der Waals surface area contributed by atoms with E-state index >= 15 is 0 Å². The number of aromatic nitrogens is 1. The molecule has 0 aliphatic heterocycles. The summed E-state index contributed by atoms with van der Waals surface area (Å²) in [6, 6.07) is 8.95. The van der Waals surface area contributed by atoms with Gasteiger partial charge in [-0.05, 0) is 17.7 Å². The Morgan fingerprint density at radius 3 is 2.37 bits per heavy atom. The number of sulfonamides is 1. The van der Waals surface area contributed by atoms with E-state index in [0.717, 1.165) is 17.5 Å². The van der Waals surface area contributed by atoms with Gasteiger partial charge in [0, 0.05) is 26.3 Å². The van der Waals surface area contributed by atoms with Gasteiger partial charge in [-0.15, -0.1) is 24.0 Å². The van der Waals surface area contributed by atoms with Gasteiger partial charge in [0.1, 0.15) is 5.15 Å². The van der Waals surface area contributed by atoms with E-state index in [1.54, 1.807) is 29.8 Å². The number of guanidine groups is 1. The summed E-state index contributed by atoms with van der Waals surface area (Å²) in [7, 11) is 0.134. The van der Waals surface area contributed by atoms with Crippen molar-refractivity contribution in [2.24, 2.45) is 12.0 Å². The molecule has 27 heavy (non-hydrogen) atoms. The monoisotopic (exact) mass is 545 g/mol. The minimum Gasteiger partial charge on any atom is -0.352 e. The van der Waals surface area contributed by atoms with Crippen LogP contribution in [-0.2, 0) is 30.2 Å². The van der Waals surface area contributed by atoms with Crippen LogP contribution in [0, 0.1) is 0 Å². The van der Waals surface area contributed by atoms with Gasteiger partial charge < -0.3 is 15.2 Å². The summed E-state index contributed by atoms with van der Waals surface area (Å²) >= 11 is 12.1. The first-order valence-electron chi connectivity index (χ1n) is 7.71. The number of rotatable bonds is 6. The maximum Gasteiger partial charge on any atom is 0.229 e. The Hall–Kier alpha value is -1.17. The number of nitrogens with zero attached hydrogens (tertiary/aromatic N) is 2. The predicted octanol–water partition coefficient (Wildman–Crippen LogP) is 3.19. The van der Waals surface area contributed by atoms with Crippen LogP contribution in [0.15, 0.2) is 35.3 Å². The highest BCUT2D eigenvalue weighted by molar-refractivity contribution is 14.0. The maximum absolute atomic E-state index is 11.5. The van der Waals surface area contributed by atoms with Gasteiger partial charge in [0.2, 0.25) is 10.0 Å². The van der Waals surface area contributed by atoms with Crippen molar-refractivity contribution in [2.75, 3.05) is 18.0 Å². The second-order valence-electron chi connectivity index (χ2n) is 5.64. The minimum absolute atomic E-state index is 0. The van der Waals surface area contributed by atoms with Crippen LogP contribution in [0.3, 0.4) is 0 Å². The molecule has 2 rings (SSSR count).